The molecule has 1 unspecified atom stereocenters. The highest BCUT2D eigenvalue weighted by molar-refractivity contribution is 7.90. The normalized spacial score (nSPS) is 15.1. The number of benzene rings is 1. The number of hydrogen-bond donors (Lipinski definition) is 0. The Balaban J connectivity index is 1.72. The molecule has 1 aromatic carbocycles. The number of fused-ring (bicyclic) bond motifs is 1. The number of nitrogens with zero attached hydrogens (tertiary/aromatic N) is 2. The average molecular weight is 525 g/mol. The lowest BCUT2D eigenvalue weighted by molar-refractivity contribution is -0.160. The topological polar surface area (TPSA) is 144 Å². The highest BCUT2D eigenvalue weighted by Gasteiger charge is 2.44. The molecule has 1 aromatic rings. The maximum absolute atomic E-state index is 12.5. The number of sulfonamides is 1. The van der Waals surface area contributed by atoms with E-state index >= 15 is 0 Å². The first-order valence-electron chi connectivity index (χ1n) is 11.5. The zero-order valence-corrected chi connectivity index (χ0v) is 21.9. The number of carbonyl (C=O) groups is 5. The molecule has 2 rings (SSSR count). The summed E-state index contributed by atoms with van der Waals surface area (Å²) < 4.78 is 35.4. The van der Waals surface area contributed by atoms with Crippen LogP contribution in [0.5, 0.6) is 0 Å². The van der Waals surface area contributed by atoms with Crippen LogP contribution >= 0.6 is 0 Å². The van der Waals surface area contributed by atoms with Gasteiger partial charge in [-0.25, -0.2) is 8.42 Å². The summed E-state index contributed by atoms with van der Waals surface area (Å²) in [4.78, 5) is 62.3. The van der Waals surface area contributed by atoms with Gasteiger partial charge in [-0.2, -0.15) is 4.31 Å². The fourth-order valence-electron chi connectivity index (χ4n) is 3.85. The smallest absolute Gasteiger partial charge is 0.311 e. The molecule has 3 amide bonds. The lowest BCUT2D eigenvalue weighted by atomic mass is 9.83. The molecule has 36 heavy (non-hydrogen) atoms. The third-order valence-electron chi connectivity index (χ3n) is 5.63. The van der Waals surface area contributed by atoms with E-state index in [0.29, 0.717) is 0 Å². The molecule has 1 atom stereocenters. The molecule has 0 spiro atoms. The van der Waals surface area contributed by atoms with E-state index in [2.05, 4.69) is 0 Å². The lowest BCUT2D eigenvalue weighted by Gasteiger charge is -2.26. The highest BCUT2D eigenvalue weighted by Crippen LogP contribution is 2.31. The van der Waals surface area contributed by atoms with Gasteiger partial charge in [0.05, 0.1) is 11.0 Å². The van der Waals surface area contributed by atoms with Crippen molar-refractivity contribution in [3.63, 3.8) is 0 Å². The Labute approximate surface area is 210 Å². The summed E-state index contributed by atoms with van der Waals surface area (Å²) >= 11 is 0. The van der Waals surface area contributed by atoms with Crippen LogP contribution in [0, 0.1) is 11.3 Å². The minimum absolute atomic E-state index is 0.0298. The van der Waals surface area contributed by atoms with Crippen LogP contribution in [0.1, 0.15) is 56.8 Å². The van der Waals surface area contributed by atoms with Gasteiger partial charge in [0, 0.05) is 32.9 Å². The van der Waals surface area contributed by atoms with Gasteiger partial charge in [-0.05, 0) is 38.8 Å². The minimum atomic E-state index is -4.25. The Hall–Kier alpha value is -3.28. The summed E-state index contributed by atoms with van der Waals surface area (Å²) in [5.74, 6) is -3.50. The van der Waals surface area contributed by atoms with E-state index in [1.807, 2.05) is 0 Å². The fraction of sp³-hybridized carbons (Fsp3) is 0.542. The minimum Gasteiger partial charge on any atom is -0.462 e. The summed E-state index contributed by atoms with van der Waals surface area (Å²) in [6, 6.07) is 5.54. The lowest BCUT2D eigenvalue weighted by Crippen LogP contribution is -2.36. The number of amides is 3. The zero-order valence-electron chi connectivity index (χ0n) is 21.1. The first kappa shape index (κ1) is 29.0. The average Bonchev–Trinajstić information content (AvgIpc) is 3.00. The van der Waals surface area contributed by atoms with Crippen molar-refractivity contribution < 1.29 is 41.9 Å². The molecular weight excluding hydrogens is 492 g/mol. The third kappa shape index (κ3) is 6.68. The third-order valence-corrected chi connectivity index (χ3v) is 7.39. The van der Waals surface area contributed by atoms with Gasteiger partial charge in [0.15, 0.2) is 0 Å². The molecule has 0 saturated carbocycles. The molecule has 1 aliphatic rings. The number of esters is 2. The van der Waals surface area contributed by atoms with E-state index < -0.39 is 39.2 Å². The van der Waals surface area contributed by atoms with Crippen molar-refractivity contribution in [2.24, 2.45) is 11.3 Å². The monoisotopic (exact) mass is 524 g/mol. The van der Waals surface area contributed by atoms with Crippen LogP contribution in [0.25, 0.3) is 0 Å². The van der Waals surface area contributed by atoms with Crippen molar-refractivity contribution in [1.29, 1.82) is 0 Å². The van der Waals surface area contributed by atoms with E-state index in [9.17, 15) is 32.4 Å². The quantitative estimate of drug-likeness (QED) is 0.312. The number of hydrogen-bond acceptors (Lipinski definition) is 9. The van der Waals surface area contributed by atoms with Crippen molar-refractivity contribution in [2.45, 2.75) is 51.3 Å². The van der Waals surface area contributed by atoms with Crippen molar-refractivity contribution in [3.05, 3.63) is 29.8 Å². The maximum Gasteiger partial charge on any atom is 0.311 e. The van der Waals surface area contributed by atoms with Crippen molar-refractivity contribution in [1.82, 2.24) is 9.21 Å². The van der Waals surface area contributed by atoms with Crippen LogP contribution in [0.3, 0.4) is 0 Å². The molecule has 198 valence electrons. The van der Waals surface area contributed by atoms with E-state index in [4.69, 9.17) is 9.47 Å². The first-order valence-corrected chi connectivity index (χ1v) is 12.9. The number of rotatable bonds is 11. The van der Waals surface area contributed by atoms with E-state index in [-0.39, 0.29) is 65.5 Å². The Morgan fingerprint density at radius 1 is 1.03 bits per heavy atom. The molecular formula is C24H32N2O9S. The van der Waals surface area contributed by atoms with Crippen LogP contribution in [0.15, 0.2) is 29.2 Å². The fourth-order valence-corrected chi connectivity index (χ4v) is 5.41. The second kappa shape index (κ2) is 11.6. The van der Waals surface area contributed by atoms with Gasteiger partial charge in [0.25, 0.3) is 15.9 Å². The Kier molecular flexibility index (Phi) is 9.36. The predicted molar refractivity (Wildman–Crippen MR) is 127 cm³/mol. The summed E-state index contributed by atoms with van der Waals surface area (Å²) in [5, 5.41) is 0. The Morgan fingerprint density at radius 2 is 1.64 bits per heavy atom. The number of carbonyl (C=O) groups excluding carboxylic acids is 5. The highest BCUT2D eigenvalue weighted by atomic mass is 32.2. The van der Waals surface area contributed by atoms with Gasteiger partial charge >= 0.3 is 11.9 Å². The van der Waals surface area contributed by atoms with Crippen molar-refractivity contribution in [3.8, 4) is 0 Å². The first-order chi connectivity index (χ1) is 16.7. The van der Waals surface area contributed by atoms with Gasteiger partial charge < -0.3 is 14.4 Å². The van der Waals surface area contributed by atoms with Gasteiger partial charge in [-0.15, -0.1) is 0 Å². The largest absolute Gasteiger partial charge is 0.462 e. The van der Waals surface area contributed by atoms with E-state index in [1.54, 1.807) is 34.9 Å². The van der Waals surface area contributed by atoms with Crippen LogP contribution in [-0.4, -0.2) is 74.6 Å². The zero-order chi connectivity index (χ0) is 27.3. The van der Waals surface area contributed by atoms with Crippen molar-refractivity contribution >= 4 is 39.7 Å². The second-order valence-corrected chi connectivity index (χ2v) is 11.2. The van der Waals surface area contributed by atoms with Crippen LogP contribution in [-0.2, 0) is 38.7 Å². The molecule has 0 aliphatic carbocycles. The molecule has 11 nitrogen and oxygen atoms in total. The molecule has 1 aliphatic heterocycles. The number of ether oxygens (including phenoxy) is 2. The van der Waals surface area contributed by atoms with Crippen molar-refractivity contribution in [2.75, 3.05) is 27.3 Å². The Bertz CT molecular complexity index is 1140. The maximum atomic E-state index is 12.5. The molecule has 1 heterocycles. The predicted octanol–water partition coefficient (Wildman–Crippen LogP) is 1.76. The SMILES string of the molecule is CC(CC(C)(C)C(=O)OCCOC(=O)CCCC(=O)N1C(=O)c2ccccc2S1(=O)=O)C(=O)N(C)C. The van der Waals surface area contributed by atoms with E-state index in [0.717, 1.165) is 0 Å². The number of imide groups is 1. The molecule has 0 aromatic heterocycles. The van der Waals surface area contributed by atoms with Crippen LogP contribution in [0.4, 0.5) is 0 Å². The van der Waals surface area contributed by atoms with Gasteiger partial charge in [0.1, 0.15) is 18.1 Å². The summed E-state index contributed by atoms with van der Waals surface area (Å²) in [5.41, 5.74) is -0.982. The molecule has 0 radical (unpaired) electrons. The molecule has 12 heteroatoms. The molecule has 0 N–H and O–H groups in total. The molecule has 0 fully saturated rings. The van der Waals surface area contributed by atoms with Crippen LogP contribution < -0.4 is 0 Å². The van der Waals surface area contributed by atoms with E-state index in [1.165, 1.54) is 29.2 Å². The summed E-state index contributed by atoms with van der Waals surface area (Å²) in [7, 11) is -0.971. The Morgan fingerprint density at radius 3 is 2.25 bits per heavy atom. The molecule has 0 saturated heterocycles. The van der Waals surface area contributed by atoms with Gasteiger partial charge in [-0.3, -0.25) is 24.0 Å². The second-order valence-electron chi connectivity index (χ2n) is 9.40. The summed E-state index contributed by atoms with van der Waals surface area (Å²) in [6.07, 6.45) is -0.277. The van der Waals surface area contributed by atoms with Gasteiger partial charge in [-0.1, -0.05) is 19.1 Å². The molecule has 0 bridgehead atoms. The summed E-state index contributed by atoms with van der Waals surface area (Å²) in [6.45, 7) is 4.69. The standard InChI is InChI=1S/C24H32N2O9S/c1-16(21(29)25(4)5)15-24(2,3)23(31)35-14-13-34-20(28)12-8-11-19(27)26-22(30)17-9-6-7-10-18(17)36(26,32)33/h6-7,9-10,16H,8,11-15H2,1-5H3. The van der Waals surface area contributed by atoms with Crippen LogP contribution in [0.2, 0.25) is 0 Å². The van der Waals surface area contributed by atoms with Gasteiger partial charge in [0.2, 0.25) is 11.8 Å².